The molecule has 2 atom stereocenters. The van der Waals surface area contributed by atoms with Crippen LogP contribution in [0, 0.1) is 5.92 Å². The lowest BCUT2D eigenvalue weighted by molar-refractivity contribution is -0.138. The summed E-state index contributed by atoms with van der Waals surface area (Å²) < 4.78 is 36.6. The van der Waals surface area contributed by atoms with Crippen molar-refractivity contribution in [3.05, 3.63) is 0 Å². The van der Waals surface area contributed by atoms with Gasteiger partial charge in [0.25, 0.3) is 0 Å². The molecule has 2 nitrogen and oxygen atoms in total. The lowest BCUT2D eigenvalue weighted by atomic mass is 9.99. The fourth-order valence-electron chi connectivity index (χ4n) is 2.18. The molecule has 0 bridgehead atoms. The molecule has 0 spiro atoms. The van der Waals surface area contributed by atoms with E-state index in [9.17, 15) is 13.2 Å². The summed E-state index contributed by atoms with van der Waals surface area (Å²) in [6.45, 7) is 6.85. The van der Waals surface area contributed by atoms with Crippen LogP contribution in [-0.2, 0) is 0 Å². The first kappa shape index (κ1) is 14.8. The van der Waals surface area contributed by atoms with Crippen molar-refractivity contribution < 1.29 is 13.2 Å². The highest BCUT2D eigenvalue weighted by atomic mass is 19.4. The normalized spacial score (nSPS) is 25.6. The van der Waals surface area contributed by atoms with Crippen molar-refractivity contribution in [2.24, 2.45) is 5.92 Å². The molecular formula is C12H23F3N2. The van der Waals surface area contributed by atoms with E-state index >= 15 is 0 Å². The average Bonchev–Trinajstić information content (AvgIpc) is 2.49. The van der Waals surface area contributed by atoms with Crippen molar-refractivity contribution in [3.63, 3.8) is 0 Å². The van der Waals surface area contributed by atoms with Crippen molar-refractivity contribution in [3.8, 4) is 0 Å². The molecule has 1 aliphatic heterocycles. The van der Waals surface area contributed by atoms with Gasteiger partial charge in [-0.15, -0.1) is 0 Å². The van der Waals surface area contributed by atoms with Crippen LogP contribution in [0.15, 0.2) is 0 Å². The number of halogens is 3. The van der Waals surface area contributed by atoms with E-state index in [0.29, 0.717) is 12.0 Å². The zero-order valence-corrected chi connectivity index (χ0v) is 10.7. The fourth-order valence-corrected chi connectivity index (χ4v) is 2.18. The summed E-state index contributed by atoms with van der Waals surface area (Å²) in [6.07, 6.45) is -2.73. The van der Waals surface area contributed by atoms with Crippen molar-refractivity contribution in [2.75, 3.05) is 26.2 Å². The predicted molar refractivity (Wildman–Crippen MR) is 63.0 cm³/mol. The Morgan fingerprint density at radius 3 is 2.71 bits per heavy atom. The monoisotopic (exact) mass is 252 g/mol. The summed E-state index contributed by atoms with van der Waals surface area (Å²) in [5.74, 6) is 0.515. The van der Waals surface area contributed by atoms with Crippen LogP contribution in [0.25, 0.3) is 0 Å². The number of hydrogen-bond acceptors (Lipinski definition) is 2. The number of hydrogen-bond donors (Lipinski definition) is 1. The minimum atomic E-state index is -4.04. The molecule has 102 valence electrons. The fraction of sp³-hybridized carbons (Fsp3) is 1.00. The Morgan fingerprint density at radius 1 is 1.41 bits per heavy atom. The lowest BCUT2D eigenvalue weighted by Gasteiger charge is -2.28. The third-order valence-electron chi connectivity index (χ3n) is 3.55. The highest BCUT2D eigenvalue weighted by molar-refractivity contribution is 4.80. The minimum absolute atomic E-state index is 0.137. The standard InChI is InChI=1S/C12H23F3N2/c1-3-10(2)11-9-17(7-4-6-16-11)8-5-12(13,14)15/h10-11,16H,3-9H2,1-2H3. The van der Waals surface area contributed by atoms with Gasteiger partial charge in [0.1, 0.15) is 0 Å². The Bertz CT molecular complexity index is 218. The number of rotatable bonds is 4. The van der Waals surface area contributed by atoms with E-state index in [0.717, 1.165) is 32.5 Å². The molecule has 0 aliphatic carbocycles. The van der Waals surface area contributed by atoms with Gasteiger partial charge in [0.15, 0.2) is 0 Å². The van der Waals surface area contributed by atoms with Gasteiger partial charge in [0, 0.05) is 19.1 Å². The SMILES string of the molecule is CCC(C)C1CN(CCC(F)(F)F)CCCN1. The molecule has 1 heterocycles. The Balaban J connectivity index is 2.43. The molecule has 1 rings (SSSR count). The first-order valence-corrected chi connectivity index (χ1v) is 6.45. The molecule has 1 aliphatic rings. The zero-order valence-electron chi connectivity index (χ0n) is 10.7. The van der Waals surface area contributed by atoms with Gasteiger partial charge in [0.2, 0.25) is 0 Å². The van der Waals surface area contributed by atoms with E-state index in [1.54, 1.807) is 0 Å². The molecule has 0 amide bonds. The van der Waals surface area contributed by atoms with Crippen molar-refractivity contribution in [1.29, 1.82) is 0 Å². The minimum Gasteiger partial charge on any atom is -0.312 e. The van der Waals surface area contributed by atoms with Crippen LogP contribution in [0.4, 0.5) is 13.2 Å². The van der Waals surface area contributed by atoms with Crippen LogP contribution < -0.4 is 5.32 Å². The number of nitrogens with one attached hydrogen (secondary N) is 1. The second-order valence-electron chi connectivity index (χ2n) is 4.97. The topological polar surface area (TPSA) is 15.3 Å². The van der Waals surface area contributed by atoms with Gasteiger partial charge in [-0.05, 0) is 25.4 Å². The van der Waals surface area contributed by atoms with E-state index in [1.807, 2.05) is 4.90 Å². The van der Waals surface area contributed by atoms with Gasteiger partial charge in [-0.1, -0.05) is 20.3 Å². The maximum absolute atomic E-state index is 12.2. The molecule has 0 saturated carbocycles. The second-order valence-corrected chi connectivity index (χ2v) is 4.97. The molecule has 1 N–H and O–H groups in total. The molecule has 17 heavy (non-hydrogen) atoms. The maximum Gasteiger partial charge on any atom is 0.390 e. The maximum atomic E-state index is 12.2. The summed E-state index contributed by atoms with van der Waals surface area (Å²) in [4.78, 5) is 1.95. The quantitative estimate of drug-likeness (QED) is 0.827. The van der Waals surface area contributed by atoms with E-state index in [4.69, 9.17) is 0 Å². The average molecular weight is 252 g/mol. The Kier molecular flexibility index (Phi) is 5.73. The van der Waals surface area contributed by atoms with Crippen LogP contribution in [0.2, 0.25) is 0 Å². The summed E-state index contributed by atoms with van der Waals surface area (Å²) in [7, 11) is 0. The summed E-state index contributed by atoms with van der Waals surface area (Å²) in [5.41, 5.74) is 0. The van der Waals surface area contributed by atoms with Gasteiger partial charge in [0.05, 0.1) is 6.42 Å². The van der Waals surface area contributed by atoms with Gasteiger partial charge >= 0.3 is 6.18 Å². The lowest BCUT2D eigenvalue weighted by Crippen LogP contribution is -2.42. The second kappa shape index (κ2) is 6.59. The van der Waals surface area contributed by atoms with E-state index in [-0.39, 0.29) is 6.54 Å². The molecule has 0 aromatic carbocycles. The summed E-state index contributed by atoms with van der Waals surface area (Å²) >= 11 is 0. The molecule has 1 fully saturated rings. The Morgan fingerprint density at radius 2 is 2.12 bits per heavy atom. The van der Waals surface area contributed by atoms with E-state index in [2.05, 4.69) is 19.2 Å². The summed E-state index contributed by atoms with van der Waals surface area (Å²) in [6, 6.07) is 0.329. The van der Waals surface area contributed by atoms with E-state index < -0.39 is 12.6 Å². The highest BCUT2D eigenvalue weighted by Crippen LogP contribution is 2.21. The first-order valence-electron chi connectivity index (χ1n) is 6.45. The van der Waals surface area contributed by atoms with Gasteiger partial charge in [-0.3, -0.25) is 0 Å². The number of nitrogens with zero attached hydrogens (tertiary/aromatic N) is 1. The molecule has 0 aromatic rings. The van der Waals surface area contributed by atoms with Gasteiger partial charge in [-0.2, -0.15) is 13.2 Å². The Hall–Kier alpha value is -0.290. The largest absolute Gasteiger partial charge is 0.390 e. The molecule has 0 radical (unpaired) electrons. The number of alkyl halides is 3. The molecule has 5 heteroatoms. The van der Waals surface area contributed by atoms with Gasteiger partial charge in [-0.25, -0.2) is 0 Å². The van der Waals surface area contributed by atoms with Crippen LogP contribution in [0.5, 0.6) is 0 Å². The van der Waals surface area contributed by atoms with Crippen molar-refractivity contribution in [2.45, 2.75) is 45.3 Å². The van der Waals surface area contributed by atoms with Crippen molar-refractivity contribution >= 4 is 0 Å². The highest BCUT2D eigenvalue weighted by Gasteiger charge is 2.29. The third kappa shape index (κ3) is 5.73. The first-order chi connectivity index (χ1) is 7.92. The molecule has 0 aromatic heterocycles. The molecule has 2 unspecified atom stereocenters. The van der Waals surface area contributed by atoms with Gasteiger partial charge < -0.3 is 10.2 Å². The Labute approximate surface area is 102 Å². The zero-order chi connectivity index (χ0) is 12.9. The third-order valence-corrected chi connectivity index (χ3v) is 3.55. The smallest absolute Gasteiger partial charge is 0.312 e. The van der Waals surface area contributed by atoms with E-state index in [1.165, 1.54) is 0 Å². The van der Waals surface area contributed by atoms with Crippen LogP contribution >= 0.6 is 0 Å². The molecular weight excluding hydrogens is 229 g/mol. The summed E-state index contributed by atoms with van der Waals surface area (Å²) in [5, 5.41) is 3.44. The van der Waals surface area contributed by atoms with Crippen LogP contribution in [0.1, 0.15) is 33.1 Å². The predicted octanol–water partition coefficient (Wildman–Crippen LogP) is 2.65. The van der Waals surface area contributed by atoms with Crippen LogP contribution in [0.3, 0.4) is 0 Å². The molecule has 1 saturated heterocycles. The van der Waals surface area contributed by atoms with Crippen molar-refractivity contribution in [1.82, 2.24) is 10.2 Å². The van der Waals surface area contributed by atoms with Crippen LogP contribution in [-0.4, -0.2) is 43.3 Å².